The fourth-order valence-corrected chi connectivity index (χ4v) is 1.63. The zero-order valence-corrected chi connectivity index (χ0v) is 9.33. The summed E-state index contributed by atoms with van der Waals surface area (Å²) in [6, 6.07) is 7.61. The molecule has 1 N–H and O–H groups in total. The molecule has 0 fully saturated rings. The summed E-state index contributed by atoms with van der Waals surface area (Å²) in [7, 11) is 0. The summed E-state index contributed by atoms with van der Waals surface area (Å²) in [5, 5.41) is 10.1. The fraction of sp³-hybridized carbons (Fsp3) is 0.0833. The van der Waals surface area contributed by atoms with Crippen molar-refractivity contribution >= 4 is 11.6 Å². The normalized spacial score (nSPS) is 12.5. The number of pyridine rings is 1. The minimum atomic E-state index is -1.27. The number of nitrogens with zero attached hydrogens (tertiary/aromatic N) is 1. The number of rotatable bonds is 2. The molecule has 0 spiro atoms. The van der Waals surface area contributed by atoms with Crippen molar-refractivity contribution in [3.63, 3.8) is 0 Å². The Bertz CT molecular complexity index is 548. The molecule has 88 valence electrons. The number of benzene rings is 1. The van der Waals surface area contributed by atoms with Crippen molar-refractivity contribution in [1.29, 1.82) is 0 Å². The first-order valence-corrected chi connectivity index (χ1v) is 5.21. The SMILES string of the molecule is OC(c1cccc(Cl)n1)c1ccc(F)cc1F. The van der Waals surface area contributed by atoms with E-state index < -0.39 is 17.7 Å². The zero-order valence-electron chi connectivity index (χ0n) is 8.57. The van der Waals surface area contributed by atoms with Crippen LogP contribution in [0, 0.1) is 11.6 Å². The van der Waals surface area contributed by atoms with Gasteiger partial charge < -0.3 is 5.11 Å². The first-order chi connectivity index (χ1) is 8.08. The molecule has 1 atom stereocenters. The van der Waals surface area contributed by atoms with Crippen LogP contribution in [0.25, 0.3) is 0 Å². The van der Waals surface area contributed by atoms with Gasteiger partial charge in [0.15, 0.2) is 0 Å². The summed E-state index contributed by atoms with van der Waals surface area (Å²) in [5.41, 5.74) is 0.171. The molecule has 0 radical (unpaired) electrons. The van der Waals surface area contributed by atoms with Crippen molar-refractivity contribution in [2.45, 2.75) is 6.10 Å². The summed E-state index contributed by atoms with van der Waals surface area (Å²) >= 11 is 5.67. The maximum Gasteiger partial charge on any atom is 0.132 e. The van der Waals surface area contributed by atoms with E-state index in [9.17, 15) is 13.9 Å². The third kappa shape index (κ3) is 2.60. The molecule has 1 aromatic heterocycles. The molecule has 0 saturated heterocycles. The number of halogens is 3. The van der Waals surface area contributed by atoms with Gasteiger partial charge in [-0.15, -0.1) is 0 Å². The second-order valence-corrected chi connectivity index (χ2v) is 3.84. The molecule has 5 heteroatoms. The van der Waals surface area contributed by atoms with Crippen LogP contribution < -0.4 is 0 Å². The minimum Gasteiger partial charge on any atom is -0.382 e. The molecule has 0 amide bonds. The highest BCUT2D eigenvalue weighted by Gasteiger charge is 2.16. The Morgan fingerprint density at radius 3 is 2.59 bits per heavy atom. The van der Waals surface area contributed by atoms with Crippen molar-refractivity contribution < 1.29 is 13.9 Å². The lowest BCUT2D eigenvalue weighted by atomic mass is 10.1. The second-order valence-electron chi connectivity index (χ2n) is 3.45. The van der Waals surface area contributed by atoms with E-state index in [1.165, 1.54) is 12.1 Å². The van der Waals surface area contributed by atoms with Crippen LogP contribution in [0.1, 0.15) is 17.4 Å². The molecule has 0 aliphatic rings. The van der Waals surface area contributed by atoms with Crippen LogP contribution in [0.2, 0.25) is 5.15 Å². The Hall–Kier alpha value is -1.52. The lowest BCUT2D eigenvalue weighted by molar-refractivity contribution is 0.210. The van der Waals surface area contributed by atoms with Crippen molar-refractivity contribution in [2.24, 2.45) is 0 Å². The largest absolute Gasteiger partial charge is 0.382 e. The average molecular weight is 256 g/mol. The molecule has 2 rings (SSSR count). The highest BCUT2D eigenvalue weighted by Crippen LogP contribution is 2.24. The number of aromatic nitrogens is 1. The fourth-order valence-electron chi connectivity index (χ4n) is 1.46. The highest BCUT2D eigenvalue weighted by molar-refractivity contribution is 6.29. The summed E-state index contributed by atoms with van der Waals surface area (Å²) in [4.78, 5) is 3.87. The average Bonchev–Trinajstić information content (AvgIpc) is 2.28. The molecular weight excluding hydrogens is 248 g/mol. The lowest BCUT2D eigenvalue weighted by Crippen LogP contribution is -2.05. The maximum atomic E-state index is 13.4. The second kappa shape index (κ2) is 4.77. The van der Waals surface area contributed by atoms with Crippen LogP contribution in [0.5, 0.6) is 0 Å². The summed E-state index contributed by atoms with van der Waals surface area (Å²) in [6.07, 6.45) is -1.27. The van der Waals surface area contributed by atoms with Gasteiger partial charge in [-0.1, -0.05) is 23.7 Å². The van der Waals surface area contributed by atoms with Gasteiger partial charge in [-0.3, -0.25) is 0 Å². The van der Waals surface area contributed by atoms with Crippen LogP contribution in [0.15, 0.2) is 36.4 Å². The van der Waals surface area contributed by atoms with Crippen LogP contribution in [-0.2, 0) is 0 Å². The monoisotopic (exact) mass is 255 g/mol. The van der Waals surface area contributed by atoms with Gasteiger partial charge in [-0.25, -0.2) is 13.8 Å². The first-order valence-electron chi connectivity index (χ1n) is 4.83. The quantitative estimate of drug-likeness (QED) is 0.837. The molecule has 0 saturated carbocycles. The van der Waals surface area contributed by atoms with Gasteiger partial charge in [0.1, 0.15) is 22.9 Å². The standard InChI is InChI=1S/C12H8ClF2NO/c13-11-3-1-2-10(16-11)12(17)8-5-4-7(14)6-9(8)15/h1-6,12,17H. The van der Waals surface area contributed by atoms with Crippen molar-refractivity contribution in [2.75, 3.05) is 0 Å². The molecule has 17 heavy (non-hydrogen) atoms. The van der Waals surface area contributed by atoms with Crippen LogP contribution in [0.4, 0.5) is 8.78 Å². The van der Waals surface area contributed by atoms with E-state index in [-0.39, 0.29) is 16.4 Å². The predicted molar refractivity (Wildman–Crippen MR) is 59.7 cm³/mol. The topological polar surface area (TPSA) is 33.1 Å². The molecule has 2 nitrogen and oxygen atoms in total. The number of aliphatic hydroxyl groups is 1. The van der Waals surface area contributed by atoms with Gasteiger partial charge >= 0.3 is 0 Å². The number of hydrogen-bond donors (Lipinski definition) is 1. The van der Waals surface area contributed by atoms with Crippen molar-refractivity contribution in [3.8, 4) is 0 Å². The molecule has 0 aliphatic carbocycles. The van der Waals surface area contributed by atoms with Gasteiger partial charge in [-0.2, -0.15) is 0 Å². The predicted octanol–water partition coefficient (Wildman–Crippen LogP) is 3.09. The smallest absolute Gasteiger partial charge is 0.132 e. The Morgan fingerprint density at radius 2 is 1.94 bits per heavy atom. The molecule has 0 bridgehead atoms. The molecule has 2 aromatic rings. The first kappa shape index (κ1) is 12.0. The van der Waals surface area contributed by atoms with Gasteiger partial charge in [0.25, 0.3) is 0 Å². The zero-order chi connectivity index (χ0) is 12.4. The Morgan fingerprint density at radius 1 is 1.18 bits per heavy atom. The van der Waals surface area contributed by atoms with Gasteiger partial charge in [-0.05, 0) is 18.2 Å². The molecule has 1 unspecified atom stereocenters. The van der Waals surface area contributed by atoms with E-state index in [0.717, 1.165) is 6.07 Å². The Balaban J connectivity index is 2.40. The molecule has 0 aliphatic heterocycles. The van der Waals surface area contributed by atoms with E-state index in [2.05, 4.69) is 4.98 Å². The van der Waals surface area contributed by atoms with Gasteiger partial charge in [0.05, 0.1) is 5.69 Å². The lowest BCUT2D eigenvalue weighted by Gasteiger charge is -2.11. The van der Waals surface area contributed by atoms with Gasteiger partial charge in [0.2, 0.25) is 0 Å². The van der Waals surface area contributed by atoms with E-state index in [1.54, 1.807) is 12.1 Å². The van der Waals surface area contributed by atoms with E-state index in [1.807, 2.05) is 0 Å². The van der Waals surface area contributed by atoms with E-state index in [4.69, 9.17) is 11.6 Å². The van der Waals surface area contributed by atoms with Crippen LogP contribution >= 0.6 is 11.6 Å². The summed E-state index contributed by atoms with van der Waals surface area (Å²) < 4.78 is 26.1. The van der Waals surface area contributed by atoms with Crippen molar-refractivity contribution in [1.82, 2.24) is 4.98 Å². The third-order valence-corrected chi connectivity index (χ3v) is 2.48. The Labute approximate surface area is 102 Å². The van der Waals surface area contributed by atoms with E-state index >= 15 is 0 Å². The van der Waals surface area contributed by atoms with E-state index in [0.29, 0.717) is 6.07 Å². The highest BCUT2D eigenvalue weighted by atomic mass is 35.5. The minimum absolute atomic E-state index is 0.0406. The van der Waals surface area contributed by atoms with Crippen LogP contribution in [0.3, 0.4) is 0 Å². The molecule has 1 heterocycles. The maximum absolute atomic E-state index is 13.4. The Kier molecular flexibility index (Phi) is 3.36. The van der Waals surface area contributed by atoms with Gasteiger partial charge in [0, 0.05) is 11.6 Å². The van der Waals surface area contributed by atoms with Crippen molar-refractivity contribution in [3.05, 3.63) is 64.4 Å². The number of hydrogen-bond acceptors (Lipinski definition) is 2. The summed E-state index contributed by atoms with van der Waals surface area (Å²) in [6.45, 7) is 0. The summed E-state index contributed by atoms with van der Waals surface area (Å²) in [5.74, 6) is -1.52. The molecular formula is C12H8ClF2NO. The molecule has 1 aromatic carbocycles. The van der Waals surface area contributed by atoms with Crippen LogP contribution in [-0.4, -0.2) is 10.1 Å². The third-order valence-electron chi connectivity index (χ3n) is 2.27. The number of aliphatic hydroxyl groups excluding tert-OH is 1.